The molecule has 0 bridgehead atoms. The molecule has 0 aromatic heterocycles. The van der Waals surface area contributed by atoms with Gasteiger partial charge in [0.25, 0.3) is 0 Å². The van der Waals surface area contributed by atoms with E-state index in [1.54, 1.807) is 12.1 Å². The lowest BCUT2D eigenvalue weighted by molar-refractivity contribution is -0.119. The number of para-hydroxylation sites is 1. The minimum atomic E-state index is -0.344. The Labute approximate surface area is 125 Å². The van der Waals surface area contributed by atoms with Crippen molar-refractivity contribution in [1.29, 1.82) is 0 Å². The summed E-state index contributed by atoms with van der Waals surface area (Å²) in [6, 6.07) is 12.4. The second kappa shape index (κ2) is 5.37. The number of carbonyl (C=O) groups excluding carboxylic acids is 1. The Kier molecular flexibility index (Phi) is 3.57. The second-order valence-corrected chi connectivity index (χ2v) is 5.85. The van der Waals surface area contributed by atoms with Gasteiger partial charge in [-0.2, -0.15) is 0 Å². The Bertz CT molecular complexity index is 646. The van der Waals surface area contributed by atoms with Crippen LogP contribution in [-0.2, 0) is 17.6 Å². The molecule has 102 valence electrons. The quantitative estimate of drug-likeness (QED) is 0.927. The van der Waals surface area contributed by atoms with Crippen LogP contribution in [0.5, 0.6) is 0 Å². The van der Waals surface area contributed by atoms with Crippen molar-refractivity contribution in [3.63, 3.8) is 0 Å². The molecule has 1 atom stereocenters. The number of rotatable bonds is 3. The van der Waals surface area contributed by atoms with Crippen molar-refractivity contribution in [2.45, 2.75) is 18.9 Å². The highest BCUT2D eigenvalue weighted by Crippen LogP contribution is 2.26. The fourth-order valence-electron chi connectivity index (χ4n) is 2.47. The number of Topliss-reactive ketones (excluding diaryl/α,β-unsaturated/α-hetero) is 1. The fraction of sp³-hybridized carbons (Fsp3) is 0.188. The maximum absolute atomic E-state index is 13.8. The largest absolute Gasteiger partial charge is 0.375 e. The molecule has 1 heterocycles. The van der Waals surface area contributed by atoms with Gasteiger partial charge in [0.2, 0.25) is 0 Å². The van der Waals surface area contributed by atoms with Gasteiger partial charge in [-0.1, -0.05) is 40.2 Å². The molecule has 0 saturated heterocycles. The van der Waals surface area contributed by atoms with E-state index in [0.29, 0.717) is 16.5 Å². The molecule has 0 fully saturated rings. The summed E-state index contributed by atoms with van der Waals surface area (Å²) in [5.74, 6) is -0.328. The van der Waals surface area contributed by atoms with Gasteiger partial charge in [-0.3, -0.25) is 4.79 Å². The normalized spacial score (nSPS) is 16.6. The third-order valence-corrected chi connectivity index (χ3v) is 4.03. The second-order valence-electron chi connectivity index (χ2n) is 4.94. The minimum absolute atomic E-state index is 0.0161. The monoisotopic (exact) mass is 333 g/mol. The highest BCUT2D eigenvalue weighted by atomic mass is 79.9. The van der Waals surface area contributed by atoms with Gasteiger partial charge in [0.05, 0.1) is 6.04 Å². The zero-order valence-corrected chi connectivity index (χ0v) is 12.3. The Hall–Kier alpha value is -1.68. The van der Waals surface area contributed by atoms with E-state index in [-0.39, 0.29) is 24.1 Å². The van der Waals surface area contributed by atoms with Gasteiger partial charge in [-0.25, -0.2) is 4.39 Å². The number of benzene rings is 2. The molecule has 0 aliphatic carbocycles. The molecule has 3 rings (SSSR count). The van der Waals surface area contributed by atoms with Crippen LogP contribution in [0, 0.1) is 5.82 Å². The number of ketones is 1. The smallest absolute Gasteiger partial charge is 0.159 e. The summed E-state index contributed by atoms with van der Waals surface area (Å²) in [5, 5.41) is 3.20. The van der Waals surface area contributed by atoms with Crippen LogP contribution >= 0.6 is 15.9 Å². The molecule has 2 nitrogen and oxygen atoms in total. The predicted molar refractivity (Wildman–Crippen MR) is 80.4 cm³/mol. The van der Waals surface area contributed by atoms with Crippen molar-refractivity contribution in [2.75, 3.05) is 5.32 Å². The summed E-state index contributed by atoms with van der Waals surface area (Å²) in [4.78, 5) is 12.3. The molecular weight excluding hydrogens is 321 g/mol. The van der Waals surface area contributed by atoms with Gasteiger partial charge >= 0.3 is 0 Å². The molecule has 2 aromatic rings. The van der Waals surface area contributed by atoms with Crippen LogP contribution in [0.1, 0.15) is 11.1 Å². The third-order valence-electron chi connectivity index (χ3n) is 3.54. The first-order valence-corrected chi connectivity index (χ1v) is 7.24. The number of hydrogen-bond donors (Lipinski definition) is 1. The van der Waals surface area contributed by atoms with Crippen molar-refractivity contribution in [3.05, 3.63) is 63.9 Å². The van der Waals surface area contributed by atoms with Gasteiger partial charge in [-0.05, 0) is 29.3 Å². The average molecular weight is 334 g/mol. The first kappa shape index (κ1) is 13.3. The maximum atomic E-state index is 13.8. The van der Waals surface area contributed by atoms with E-state index in [0.717, 1.165) is 11.3 Å². The van der Waals surface area contributed by atoms with E-state index in [1.165, 1.54) is 6.07 Å². The number of fused-ring (bicyclic) bond motifs is 1. The van der Waals surface area contributed by atoms with Gasteiger partial charge in [0, 0.05) is 23.0 Å². The number of anilines is 1. The number of hydrogen-bond acceptors (Lipinski definition) is 2. The summed E-state index contributed by atoms with van der Waals surface area (Å²) in [6.07, 6.45) is 0.790. The van der Waals surface area contributed by atoms with E-state index in [4.69, 9.17) is 0 Å². The lowest BCUT2D eigenvalue weighted by Crippen LogP contribution is -2.28. The van der Waals surface area contributed by atoms with E-state index in [1.807, 2.05) is 24.3 Å². The number of halogens is 2. The fourth-order valence-corrected chi connectivity index (χ4v) is 2.80. The first-order chi connectivity index (χ1) is 9.63. The topological polar surface area (TPSA) is 29.1 Å². The van der Waals surface area contributed by atoms with E-state index in [2.05, 4.69) is 21.2 Å². The molecule has 4 heteroatoms. The zero-order chi connectivity index (χ0) is 14.1. The Balaban J connectivity index is 1.72. The SMILES string of the molecule is O=C(Cc1ccc(Br)cc1F)C1Cc2ccccc2N1. The van der Waals surface area contributed by atoms with Crippen molar-refractivity contribution in [2.24, 2.45) is 0 Å². The van der Waals surface area contributed by atoms with E-state index in [9.17, 15) is 9.18 Å². The number of nitrogens with one attached hydrogen (secondary N) is 1. The van der Waals surface area contributed by atoms with Crippen LogP contribution in [0.2, 0.25) is 0 Å². The van der Waals surface area contributed by atoms with Crippen LogP contribution in [0.15, 0.2) is 46.9 Å². The summed E-state index contributed by atoms with van der Waals surface area (Å²) in [5.41, 5.74) is 2.58. The van der Waals surface area contributed by atoms with Gasteiger partial charge in [0.15, 0.2) is 5.78 Å². The van der Waals surface area contributed by atoms with E-state index < -0.39 is 0 Å². The predicted octanol–water partition coefficient (Wildman–Crippen LogP) is 3.74. The molecule has 0 spiro atoms. The van der Waals surface area contributed by atoms with Crippen LogP contribution < -0.4 is 5.32 Å². The summed E-state index contributed by atoms with van der Waals surface area (Å²) in [7, 11) is 0. The third kappa shape index (κ3) is 2.61. The molecule has 0 amide bonds. The number of carbonyl (C=O) groups is 1. The molecule has 1 unspecified atom stereocenters. The minimum Gasteiger partial charge on any atom is -0.375 e. The average Bonchev–Trinajstić information content (AvgIpc) is 2.86. The molecule has 20 heavy (non-hydrogen) atoms. The lowest BCUT2D eigenvalue weighted by Gasteiger charge is -2.10. The van der Waals surface area contributed by atoms with Crippen molar-refractivity contribution in [1.82, 2.24) is 0 Å². The van der Waals surface area contributed by atoms with Gasteiger partial charge in [-0.15, -0.1) is 0 Å². The Morgan fingerprint density at radius 3 is 2.85 bits per heavy atom. The summed E-state index contributed by atoms with van der Waals surface area (Å²) < 4.78 is 14.4. The highest BCUT2D eigenvalue weighted by Gasteiger charge is 2.26. The molecule has 2 aromatic carbocycles. The molecule has 0 saturated carbocycles. The Morgan fingerprint density at radius 1 is 1.30 bits per heavy atom. The van der Waals surface area contributed by atoms with Crippen LogP contribution in [0.3, 0.4) is 0 Å². The zero-order valence-electron chi connectivity index (χ0n) is 10.7. The van der Waals surface area contributed by atoms with Crippen molar-refractivity contribution < 1.29 is 9.18 Å². The highest BCUT2D eigenvalue weighted by molar-refractivity contribution is 9.10. The Morgan fingerprint density at radius 2 is 2.10 bits per heavy atom. The van der Waals surface area contributed by atoms with Crippen LogP contribution in [0.4, 0.5) is 10.1 Å². The van der Waals surface area contributed by atoms with Gasteiger partial charge < -0.3 is 5.32 Å². The molecule has 1 N–H and O–H groups in total. The van der Waals surface area contributed by atoms with Crippen LogP contribution in [0.25, 0.3) is 0 Å². The van der Waals surface area contributed by atoms with E-state index >= 15 is 0 Å². The van der Waals surface area contributed by atoms with Crippen LogP contribution in [-0.4, -0.2) is 11.8 Å². The molecular formula is C16H13BrFNO. The molecule has 1 aliphatic heterocycles. The first-order valence-electron chi connectivity index (χ1n) is 6.44. The maximum Gasteiger partial charge on any atom is 0.159 e. The molecule has 0 radical (unpaired) electrons. The summed E-state index contributed by atoms with van der Waals surface area (Å²) in [6.45, 7) is 0. The standard InChI is InChI=1S/C16H13BrFNO/c17-12-6-5-10(13(18)9-12)8-16(20)15-7-11-3-1-2-4-14(11)19-15/h1-6,9,15,19H,7-8H2. The summed E-state index contributed by atoms with van der Waals surface area (Å²) >= 11 is 3.21. The lowest BCUT2D eigenvalue weighted by atomic mass is 10.0. The van der Waals surface area contributed by atoms with Crippen molar-refractivity contribution >= 4 is 27.4 Å². The molecule has 1 aliphatic rings. The van der Waals surface area contributed by atoms with Gasteiger partial charge in [0.1, 0.15) is 5.82 Å². The van der Waals surface area contributed by atoms with Crippen molar-refractivity contribution in [3.8, 4) is 0 Å².